The maximum atomic E-state index is 12.9. The Balaban J connectivity index is 1.24. The fourth-order valence-corrected chi connectivity index (χ4v) is 4.10. The summed E-state index contributed by atoms with van der Waals surface area (Å²) in [6.45, 7) is 2.65. The van der Waals surface area contributed by atoms with E-state index in [1.54, 1.807) is 10.9 Å². The van der Waals surface area contributed by atoms with Crippen molar-refractivity contribution in [2.24, 2.45) is 5.92 Å². The van der Waals surface area contributed by atoms with Crippen molar-refractivity contribution in [2.75, 3.05) is 13.2 Å². The Morgan fingerprint density at radius 3 is 2.34 bits per heavy atom. The van der Waals surface area contributed by atoms with Crippen LogP contribution in [0.2, 0.25) is 0 Å². The monoisotopic (exact) mass is 396 g/mol. The molecule has 2 amide bonds. The first-order chi connectivity index (χ1) is 14.1. The van der Waals surface area contributed by atoms with E-state index in [1.807, 2.05) is 37.3 Å². The minimum atomic E-state index is -0.257. The summed E-state index contributed by atoms with van der Waals surface area (Å²) < 4.78 is 13.5. The number of carbonyl (C=O) groups is 2. The van der Waals surface area contributed by atoms with Crippen molar-refractivity contribution in [3.63, 3.8) is 0 Å². The molecule has 0 spiro atoms. The van der Waals surface area contributed by atoms with Crippen LogP contribution in [0, 0.1) is 12.8 Å². The average molecular weight is 396 g/mol. The molecule has 2 aromatic rings. The van der Waals surface area contributed by atoms with Gasteiger partial charge in [0.25, 0.3) is 5.91 Å². The first kappa shape index (κ1) is 18.3. The van der Waals surface area contributed by atoms with Crippen LogP contribution in [0.4, 0.5) is 0 Å². The van der Waals surface area contributed by atoms with Gasteiger partial charge in [0.05, 0.1) is 48.4 Å². The molecule has 3 heterocycles. The summed E-state index contributed by atoms with van der Waals surface area (Å²) in [5, 5.41) is 10.4. The van der Waals surface area contributed by atoms with E-state index in [0.29, 0.717) is 18.8 Å². The summed E-state index contributed by atoms with van der Waals surface area (Å²) >= 11 is 0. The molecule has 8 nitrogen and oxygen atoms in total. The van der Waals surface area contributed by atoms with E-state index in [-0.39, 0.29) is 42.0 Å². The van der Waals surface area contributed by atoms with Gasteiger partial charge in [-0.3, -0.25) is 9.59 Å². The van der Waals surface area contributed by atoms with Gasteiger partial charge in [-0.2, -0.15) is 5.10 Å². The lowest BCUT2D eigenvalue weighted by Crippen LogP contribution is -2.47. The molecule has 29 heavy (non-hydrogen) atoms. The highest BCUT2D eigenvalue weighted by molar-refractivity contribution is 5.95. The zero-order chi connectivity index (χ0) is 20.0. The van der Waals surface area contributed by atoms with E-state index in [0.717, 1.165) is 24.2 Å². The number of fused-ring (bicyclic) bond motifs is 1. The average Bonchev–Trinajstić information content (AvgIpc) is 3.24. The van der Waals surface area contributed by atoms with Gasteiger partial charge in [0.15, 0.2) is 0 Å². The molecule has 1 aliphatic carbocycles. The third-order valence-electron chi connectivity index (χ3n) is 5.90. The summed E-state index contributed by atoms with van der Waals surface area (Å²) in [6.07, 6.45) is 3.02. The molecule has 3 aliphatic rings. The number of nitrogens with one attached hydrogen (secondary N) is 2. The second kappa shape index (κ2) is 7.27. The summed E-state index contributed by atoms with van der Waals surface area (Å²) in [4.78, 5) is 24.9. The molecule has 2 saturated heterocycles. The second-order valence-electron chi connectivity index (χ2n) is 7.96. The number of benzene rings is 1. The molecule has 5 rings (SSSR count). The van der Waals surface area contributed by atoms with E-state index in [2.05, 4.69) is 15.7 Å². The minimum absolute atomic E-state index is 0.0827. The fraction of sp³-hybridized carbons (Fsp3) is 0.476. The number of nitrogens with zero attached hydrogens (tertiary/aromatic N) is 2. The van der Waals surface area contributed by atoms with Crippen molar-refractivity contribution >= 4 is 11.8 Å². The van der Waals surface area contributed by atoms with Crippen LogP contribution < -0.4 is 10.6 Å². The molecule has 0 bridgehead atoms. The van der Waals surface area contributed by atoms with Crippen molar-refractivity contribution in [2.45, 2.75) is 44.1 Å². The highest BCUT2D eigenvalue weighted by Crippen LogP contribution is 2.31. The number of ether oxygens (including phenoxy) is 2. The molecule has 2 aliphatic heterocycles. The molecule has 0 radical (unpaired) electrons. The number of hydrogen-bond donors (Lipinski definition) is 2. The number of amides is 2. The Morgan fingerprint density at radius 2 is 1.69 bits per heavy atom. The Morgan fingerprint density at radius 1 is 1.03 bits per heavy atom. The molecule has 2 N–H and O–H groups in total. The maximum Gasteiger partial charge on any atom is 0.255 e. The third-order valence-corrected chi connectivity index (χ3v) is 5.90. The predicted octanol–water partition coefficient (Wildman–Crippen LogP) is 0.972. The van der Waals surface area contributed by atoms with E-state index >= 15 is 0 Å². The zero-order valence-electron chi connectivity index (χ0n) is 16.2. The largest absolute Gasteiger partial charge is 0.371 e. The van der Waals surface area contributed by atoms with Crippen LogP contribution in [0.25, 0.3) is 5.69 Å². The lowest BCUT2D eigenvalue weighted by molar-refractivity contribution is -0.123. The van der Waals surface area contributed by atoms with Crippen LogP contribution in [-0.4, -0.2) is 59.1 Å². The maximum absolute atomic E-state index is 12.9. The Hall–Kier alpha value is -2.71. The van der Waals surface area contributed by atoms with Crippen molar-refractivity contribution in [1.29, 1.82) is 0 Å². The molecule has 152 valence electrons. The molecule has 8 heteroatoms. The van der Waals surface area contributed by atoms with Crippen LogP contribution in [0.15, 0.2) is 36.5 Å². The normalized spacial score (nSPS) is 28.2. The van der Waals surface area contributed by atoms with Crippen LogP contribution in [0.5, 0.6) is 0 Å². The zero-order valence-corrected chi connectivity index (χ0v) is 16.2. The standard InChI is InChI=1S/C21H24N4O4/c1-12-15(9-22-25(12)14-5-3-2-4-6-14)21(27)24-17-11-29-18-16(10-28-19(17)18)23-20(26)13-7-8-13/h2-6,9,13,16-19H,7-8,10-11H2,1H3,(H,23,26)(H,24,27)/t16-,17-,18+,19+/m0/s1. The van der Waals surface area contributed by atoms with Gasteiger partial charge >= 0.3 is 0 Å². The lowest BCUT2D eigenvalue weighted by Gasteiger charge is -2.18. The number of hydrogen-bond acceptors (Lipinski definition) is 5. The molecule has 1 aromatic heterocycles. The first-order valence-corrected chi connectivity index (χ1v) is 10.1. The number of aromatic nitrogens is 2. The van der Waals surface area contributed by atoms with Crippen molar-refractivity contribution < 1.29 is 19.1 Å². The molecular formula is C21H24N4O4. The second-order valence-corrected chi connectivity index (χ2v) is 7.96. The highest BCUT2D eigenvalue weighted by atomic mass is 16.6. The molecule has 1 aromatic carbocycles. The molecule has 0 unspecified atom stereocenters. The Labute approximate surface area is 168 Å². The molecule has 3 fully saturated rings. The van der Waals surface area contributed by atoms with Gasteiger partial charge in [-0.25, -0.2) is 4.68 Å². The van der Waals surface area contributed by atoms with Gasteiger partial charge in [-0.05, 0) is 31.9 Å². The van der Waals surface area contributed by atoms with Gasteiger partial charge < -0.3 is 20.1 Å². The summed E-state index contributed by atoms with van der Waals surface area (Å²) in [7, 11) is 0. The highest BCUT2D eigenvalue weighted by Gasteiger charge is 2.49. The number of carbonyl (C=O) groups excluding carboxylic acids is 2. The predicted molar refractivity (Wildman–Crippen MR) is 104 cm³/mol. The topological polar surface area (TPSA) is 94.5 Å². The van der Waals surface area contributed by atoms with Crippen molar-refractivity contribution in [1.82, 2.24) is 20.4 Å². The first-order valence-electron chi connectivity index (χ1n) is 10.1. The van der Waals surface area contributed by atoms with Crippen LogP contribution >= 0.6 is 0 Å². The summed E-state index contributed by atoms with van der Waals surface area (Å²) in [5.74, 6) is 0.0300. The number of rotatable bonds is 5. The third kappa shape index (κ3) is 3.42. The minimum Gasteiger partial charge on any atom is -0.371 e. The smallest absolute Gasteiger partial charge is 0.255 e. The van der Waals surface area contributed by atoms with Crippen LogP contribution in [-0.2, 0) is 14.3 Å². The van der Waals surface area contributed by atoms with Gasteiger partial charge in [-0.15, -0.1) is 0 Å². The summed E-state index contributed by atoms with van der Waals surface area (Å²) in [5.41, 5.74) is 2.20. The fourth-order valence-electron chi connectivity index (χ4n) is 4.10. The Bertz CT molecular complexity index is 924. The van der Waals surface area contributed by atoms with E-state index in [9.17, 15) is 9.59 Å². The molecular weight excluding hydrogens is 372 g/mol. The quantitative estimate of drug-likeness (QED) is 0.786. The lowest BCUT2D eigenvalue weighted by atomic mass is 10.1. The van der Waals surface area contributed by atoms with Gasteiger partial charge in [0.1, 0.15) is 12.2 Å². The van der Waals surface area contributed by atoms with Crippen molar-refractivity contribution in [3.05, 3.63) is 47.8 Å². The van der Waals surface area contributed by atoms with Gasteiger partial charge in [-0.1, -0.05) is 18.2 Å². The molecule has 4 atom stereocenters. The van der Waals surface area contributed by atoms with Crippen molar-refractivity contribution in [3.8, 4) is 5.69 Å². The van der Waals surface area contributed by atoms with Gasteiger partial charge in [0, 0.05) is 5.92 Å². The Kier molecular flexibility index (Phi) is 4.60. The summed E-state index contributed by atoms with van der Waals surface area (Å²) in [6, 6.07) is 9.28. The van der Waals surface area contributed by atoms with Crippen LogP contribution in [0.1, 0.15) is 28.9 Å². The molecule has 1 saturated carbocycles. The number of para-hydroxylation sites is 1. The van der Waals surface area contributed by atoms with E-state index < -0.39 is 0 Å². The van der Waals surface area contributed by atoms with Crippen LogP contribution in [0.3, 0.4) is 0 Å². The SMILES string of the molecule is Cc1c(C(=O)N[C@H]2CO[C@H]3[C@@H]2OC[C@@H]3NC(=O)C2CC2)cnn1-c1ccccc1. The van der Waals surface area contributed by atoms with E-state index in [1.165, 1.54) is 0 Å². The van der Waals surface area contributed by atoms with Gasteiger partial charge in [0.2, 0.25) is 5.91 Å². The van der Waals surface area contributed by atoms with E-state index in [4.69, 9.17) is 9.47 Å².